The van der Waals surface area contributed by atoms with Crippen LogP contribution in [0.25, 0.3) is 0 Å². The van der Waals surface area contributed by atoms with Gasteiger partial charge < -0.3 is 24.8 Å². The van der Waals surface area contributed by atoms with Crippen molar-refractivity contribution in [2.45, 2.75) is 12.5 Å². The molecule has 1 aliphatic rings. The molecule has 2 N–H and O–H groups in total. The Morgan fingerprint density at radius 3 is 2.47 bits per heavy atom. The summed E-state index contributed by atoms with van der Waals surface area (Å²) in [6.45, 7) is 1.70. The molecule has 7 nitrogen and oxygen atoms in total. The number of fused-ring (bicyclic) bond motifs is 2. The maximum atomic E-state index is 12.5. The molecule has 0 aliphatic heterocycles. The van der Waals surface area contributed by atoms with Gasteiger partial charge in [0.2, 0.25) is 0 Å². The summed E-state index contributed by atoms with van der Waals surface area (Å²) < 4.78 is 16.3. The van der Waals surface area contributed by atoms with Gasteiger partial charge in [-0.25, -0.2) is 9.59 Å². The lowest BCUT2D eigenvalue weighted by molar-refractivity contribution is 0.0918. The number of benzene rings is 2. The van der Waals surface area contributed by atoms with Crippen molar-refractivity contribution in [3.63, 3.8) is 0 Å². The van der Waals surface area contributed by atoms with Crippen molar-refractivity contribution in [2.24, 2.45) is 0 Å². The molecule has 3 rings (SSSR count). The first-order valence-corrected chi connectivity index (χ1v) is 13.5. The Morgan fingerprint density at radius 1 is 0.941 bits per heavy atom. The van der Waals surface area contributed by atoms with Crippen LogP contribution in [0.5, 0.6) is 0 Å². The number of alkyl carbamates (subject to hydrolysis) is 2. The summed E-state index contributed by atoms with van der Waals surface area (Å²) in [4.78, 5) is 23.4. The Morgan fingerprint density at radius 2 is 1.65 bits per heavy atom. The zero-order valence-electron chi connectivity index (χ0n) is 19.0. The average Bonchev–Trinajstić information content (AvgIpc) is 2.85. The lowest BCUT2D eigenvalue weighted by atomic mass is 9.92. The van der Waals surface area contributed by atoms with Crippen molar-refractivity contribution >= 4 is 33.8 Å². The van der Waals surface area contributed by atoms with E-state index >= 15 is 0 Å². The Balaban J connectivity index is 1.36. The molecule has 1 aliphatic carbocycles. The lowest BCUT2D eigenvalue weighted by Crippen LogP contribution is -2.30. The molecule has 0 fully saturated rings. The molecule has 0 spiro atoms. The Labute approximate surface area is 208 Å². The number of hydrogen-bond donors (Lipinski definition) is 2. The number of nitrogens with one attached hydrogen (secondary N) is 2. The molecule has 0 aromatic heterocycles. The van der Waals surface area contributed by atoms with Crippen molar-refractivity contribution in [3.8, 4) is 11.8 Å². The summed E-state index contributed by atoms with van der Waals surface area (Å²) in [5, 5.41) is 5.17. The number of carbonyl (C=O) groups excluding carboxylic acids is 2. The van der Waals surface area contributed by atoms with E-state index in [1.165, 1.54) is 7.05 Å². The van der Waals surface area contributed by atoms with Crippen molar-refractivity contribution in [3.05, 3.63) is 70.8 Å². The molecule has 0 radical (unpaired) electrons. The van der Waals surface area contributed by atoms with Crippen molar-refractivity contribution in [2.75, 3.05) is 44.9 Å². The molecule has 9 heteroatoms. The fourth-order valence-corrected chi connectivity index (χ4v) is 4.90. The van der Waals surface area contributed by atoms with E-state index in [0.29, 0.717) is 38.5 Å². The molecule has 1 unspecified atom stereocenters. The van der Waals surface area contributed by atoms with E-state index in [4.69, 9.17) is 14.2 Å². The zero-order valence-corrected chi connectivity index (χ0v) is 20.6. The van der Waals surface area contributed by atoms with Crippen LogP contribution < -0.4 is 10.6 Å². The first-order chi connectivity index (χ1) is 16.7. The standard InChI is InChI=1S/C25H28N2O5S2/c1-26-24(28)31-15-17-34-33-16-14-30-13-12-27-25(29)32-23-18-21-8-3-2-6-19(21)10-11-20-7-4-5-9-22(20)23/h2-9,23H,12-18H2,1H3,(H,26,28)(H,27,29). The zero-order chi connectivity index (χ0) is 24.0. The highest BCUT2D eigenvalue weighted by Gasteiger charge is 2.22. The van der Waals surface area contributed by atoms with Crippen LogP contribution in [0.3, 0.4) is 0 Å². The van der Waals surface area contributed by atoms with Gasteiger partial charge in [0.15, 0.2) is 0 Å². The van der Waals surface area contributed by atoms with E-state index in [-0.39, 0.29) is 0 Å². The molecule has 0 saturated heterocycles. The van der Waals surface area contributed by atoms with Crippen LogP contribution in [-0.4, -0.2) is 57.1 Å². The molecule has 2 aromatic rings. The smallest absolute Gasteiger partial charge is 0.407 e. The first-order valence-electron chi connectivity index (χ1n) is 11.0. The lowest BCUT2D eigenvalue weighted by Gasteiger charge is -2.22. The largest absolute Gasteiger partial charge is 0.449 e. The first kappa shape index (κ1) is 25.8. The minimum absolute atomic E-state index is 0.362. The highest BCUT2D eigenvalue weighted by molar-refractivity contribution is 8.76. The van der Waals surface area contributed by atoms with Gasteiger partial charge in [0.05, 0.1) is 13.2 Å². The summed E-state index contributed by atoms with van der Waals surface area (Å²) in [5.41, 5.74) is 3.79. The molecule has 180 valence electrons. The number of carbonyl (C=O) groups is 2. The van der Waals surface area contributed by atoms with Gasteiger partial charge in [-0.15, -0.1) is 0 Å². The Bertz CT molecular complexity index is 1020. The Kier molecular flexibility index (Phi) is 11.0. The predicted octanol–water partition coefficient (Wildman–Crippen LogP) is 4.16. The molecule has 34 heavy (non-hydrogen) atoms. The van der Waals surface area contributed by atoms with Gasteiger partial charge in [0.1, 0.15) is 12.7 Å². The fraction of sp³-hybridized carbons (Fsp3) is 0.360. The summed E-state index contributed by atoms with van der Waals surface area (Å²) in [6.07, 6.45) is -0.754. The van der Waals surface area contributed by atoms with Gasteiger partial charge in [-0.3, -0.25) is 0 Å². The van der Waals surface area contributed by atoms with Gasteiger partial charge in [0, 0.05) is 48.2 Å². The van der Waals surface area contributed by atoms with Crippen LogP contribution in [0.15, 0.2) is 48.5 Å². The number of hydrogen-bond acceptors (Lipinski definition) is 7. The quantitative estimate of drug-likeness (QED) is 0.272. The van der Waals surface area contributed by atoms with Crippen LogP contribution >= 0.6 is 21.6 Å². The molecule has 0 saturated carbocycles. The van der Waals surface area contributed by atoms with E-state index in [0.717, 1.165) is 28.0 Å². The SMILES string of the molecule is CNC(=O)OCCSSCCOCCNC(=O)OC1Cc2ccccc2C#Cc2ccccc21. The number of rotatable bonds is 11. The van der Waals surface area contributed by atoms with Crippen LogP contribution in [0.1, 0.15) is 28.4 Å². The number of ether oxygens (including phenoxy) is 3. The van der Waals surface area contributed by atoms with E-state index < -0.39 is 18.3 Å². The molecule has 0 heterocycles. The monoisotopic (exact) mass is 500 g/mol. The maximum absolute atomic E-state index is 12.5. The molecular formula is C25H28N2O5S2. The van der Waals surface area contributed by atoms with Gasteiger partial charge in [-0.1, -0.05) is 69.8 Å². The highest BCUT2D eigenvalue weighted by Crippen LogP contribution is 2.28. The third-order valence-corrected chi connectivity index (χ3v) is 7.16. The highest BCUT2D eigenvalue weighted by atomic mass is 33.1. The van der Waals surface area contributed by atoms with Gasteiger partial charge >= 0.3 is 12.2 Å². The normalized spacial score (nSPS) is 13.7. The average molecular weight is 501 g/mol. The molecular weight excluding hydrogens is 472 g/mol. The summed E-state index contributed by atoms with van der Waals surface area (Å²) in [5.74, 6) is 7.95. The molecule has 0 bridgehead atoms. The summed E-state index contributed by atoms with van der Waals surface area (Å²) >= 11 is 0. The second-order valence-electron chi connectivity index (χ2n) is 7.16. The van der Waals surface area contributed by atoms with E-state index in [2.05, 4.69) is 22.5 Å². The van der Waals surface area contributed by atoms with Crippen LogP contribution in [0, 0.1) is 11.8 Å². The van der Waals surface area contributed by atoms with Crippen LogP contribution in [-0.2, 0) is 20.6 Å². The van der Waals surface area contributed by atoms with Gasteiger partial charge in [-0.2, -0.15) is 0 Å². The third kappa shape index (κ3) is 8.52. The minimum atomic E-state index is -0.476. The van der Waals surface area contributed by atoms with Crippen LogP contribution in [0.2, 0.25) is 0 Å². The summed E-state index contributed by atoms with van der Waals surface area (Å²) in [7, 11) is 4.80. The summed E-state index contributed by atoms with van der Waals surface area (Å²) in [6, 6.07) is 15.7. The minimum Gasteiger partial charge on any atom is -0.449 e. The van der Waals surface area contributed by atoms with E-state index in [9.17, 15) is 9.59 Å². The fourth-order valence-electron chi connectivity index (χ4n) is 3.21. The van der Waals surface area contributed by atoms with Crippen molar-refractivity contribution < 1.29 is 23.8 Å². The third-order valence-electron chi connectivity index (χ3n) is 4.83. The second kappa shape index (κ2) is 14.5. The number of amides is 2. The van der Waals surface area contributed by atoms with Crippen molar-refractivity contribution in [1.29, 1.82) is 0 Å². The Hall–Kier alpha value is -2.80. The maximum Gasteiger partial charge on any atom is 0.407 e. The van der Waals surface area contributed by atoms with Crippen LogP contribution in [0.4, 0.5) is 9.59 Å². The van der Waals surface area contributed by atoms with E-state index in [1.807, 2.05) is 48.5 Å². The van der Waals surface area contributed by atoms with Gasteiger partial charge in [0.25, 0.3) is 0 Å². The second-order valence-corrected chi connectivity index (χ2v) is 9.86. The van der Waals surface area contributed by atoms with Gasteiger partial charge in [-0.05, 0) is 17.7 Å². The molecule has 2 aromatic carbocycles. The topological polar surface area (TPSA) is 85.9 Å². The van der Waals surface area contributed by atoms with Crippen molar-refractivity contribution in [1.82, 2.24) is 10.6 Å². The molecule has 2 amide bonds. The predicted molar refractivity (Wildman–Crippen MR) is 136 cm³/mol. The van der Waals surface area contributed by atoms with E-state index in [1.54, 1.807) is 21.6 Å². The molecule has 1 atom stereocenters.